The van der Waals surface area contributed by atoms with Crippen molar-refractivity contribution in [2.24, 2.45) is 0 Å². The number of hydrogen-bond acceptors (Lipinski definition) is 7. The molecular formula is C5H16O13P2. The molecule has 15 heteroatoms. The summed E-state index contributed by atoms with van der Waals surface area (Å²) in [5.74, 6) is -0.901. The zero-order chi connectivity index (χ0) is 17.1. The number of Topliss-reactive ketones (excluding diaryl/α,β-unsaturated/α-hetero) is 1. The third-order valence-electron chi connectivity index (χ3n) is 1.04. The Hall–Kier alpha value is -0.270. The minimum Gasteiger partial charge on any atom is -0.394 e. The van der Waals surface area contributed by atoms with Crippen molar-refractivity contribution in [1.82, 2.24) is 0 Å². The van der Waals surface area contributed by atoms with E-state index in [4.69, 9.17) is 58.9 Å². The van der Waals surface area contributed by atoms with E-state index in [0.717, 1.165) is 0 Å². The summed E-state index contributed by atoms with van der Waals surface area (Å²) in [5, 5.41) is 33.6. The van der Waals surface area contributed by atoms with Gasteiger partial charge in [-0.1, -0.05) is 0 Å². The Kier molecular flexibility index (Phi) is 14.1. The van der Waals surface area contributed by atoms with Crippen molar-refractivity contribution in [2.45, 2.75) is 12.2 Å². The van der Waals surface area contributed by atoms with Gasteiger partial charge in [-0.15, -0.1) is 0 Å². The van der Waals surface area contributed by atoms with Crippen LogP contribution >= 0.6 is 15.6 Å². The molecule has 0 rings (SSSR count). The molecule has 0 aliphatic rings. The van der Waals surface area contributed by atoms with E-state index < -0.39 is 46.9 Å². The van der Waals surface area contributed by atoms with Gasteiger partial charge in [0.1, 0.15) is 18.8 Å². The molecule has 0 aromatic rings. The van der Waals surface area contributed by atoms with Gasteiger partial charge in [-0.25, -0.2) is 9.13 Å². The predicted octanol–water partition coefficient (Wildman–Crippen LogP) is -4.60. The average molecular weight is 346 g/mol. The zero-order valence-electron chi connectivity index (χ0n) is 9.66. The number of carbonyl (C=O) groups is 1. The van der Waals surface area contributed by atoms with Gasteiger partial charge in [0.05, 0.1) is 6.61 Å². The summed E-state index contributed by atoms with van der Waals surface area (Å²) in [7, 11) is -9.28. The van der Waals surface area contributed by atoms with Gasteiger partial charge in [0, 0.05) is 0 Å². The lowest BCUT2D eigenvalue weighted by Crippen LogP contribution is -2.37. The fraction of sp³-hybridized carbons (Fsp3) is 0.800. The molecule has 0 aliphatic heterocycles. The van der Waals surface area contributed by atoms with Gasteiger partial charge in [0.25, 0.3) is 0 Å². The van der Waals surface area contributed by atoms with E-state index >= 15 is 0 Å². The Balaban J connectivity index is -0.000000244. The van der Waals surface area contributed by atoms with Crippen LogP contribution in [-0.4, -0.2) is 81.0 Å². The van der Waals surface area contributed by atoms with Crippen molar-refractivity contribution in [3.05, 3.63) is 0 Å². The average Bonchev–Trinajstić information content (AvgIpc) is 2.21. The second-order valence-electron chi connectivity index (χ2n) is 2.85. The third-order valence-corrected chi connectivity index (χ3v) is 1.04. The first kappa shape index (κ1) is 24.7. The topological polar surface area (TPSA) is 254 Å². The lowest BCUT2D eigenvalue weighted by molar-refractivity contribution is -0.137. The molecule has 124 valence electrons. The van der Waals surface area contributed by atoms with Crippen molar-refractivity contribution >= 4 is 21.4 Å². The molecule has 10 N–H and O–H groups in total. The summed E-state index contributed by atoms with van der Waals surface area (Å²) in [6.45, 7) is -1.54. The van der Waals surface area contributed by atoms with Gasteiger partial charge < -0.3 is 49.8 Å². The summed E-state index contributed by atoms with van der Waals surface area (Å²) < 4.78 is 17.8. The summed E-state index contributed by atoms with van der Waals surface area (Å²) in [6.07, 6.45) is -3.19. The van der Waals surface area contributed by atoms with Gasteiger partial charge in [-0.2, -0.15) is 0 Å². The van der Waals surface area contributed by atoms with Crippen LogP contribution in [0.25, 0.3) is 0 Å². The van der Waals surface area contributed by atoms with Crippen LogP contribution in [0.2, 0.25) is 0 Å². The van der Waals surface area contributed by atoms with Crippen LogP contribution in [-0.2, 0) is 13.9 Å². The Bertz CT molecular complexity index is 306. The minimum absolute atomic E-state index is 0.701. The minimum atomic E-state index is -4.64. The van der Waals surface area contributed by atoms with Gasteiger partial charge in [-0.05, 0) is 0 Å². The maximum absolute atomic E-state index is 10.3. The summed E-state index contributed by atoms with van der Waals surface area (Å²) in [6, 6.07) is 0. The predicted molar refractivity (Wildman–Crippen MR) is 59.7 cm³/mol. The van der Waals surface area contributed by atoms with E-state index in [1.807, 2.05) is 0 Å². The van der Waals surface area contributed by atoms with Gasteiger partial charge in [0.2, 0.25) is 0 Å². The molecule has 0 saturated carbocycles. The normalized spacial score (nSPS) is 14.1. The fourth-order valence-corrected chi connectivity index (χ4v) is 0.408. The fourth-order valence-electron chi connectivity index (χ4n) is 0.408. The SMILES string of the molecule is O=C(CO)[C@H](O)[C@H](O)CO.O=P(O)(O)O.O=P(O)(O)O. The maximum atomic E-state index is 10.3. The molecule has 0 aromatic heterocycles. The van der Waals surface area contributed by atoms with Crippen molar-refractivity contribution < 1.29 is 63.7 Å². The first-order valence-electron chi connectivity index (χ1n) is 4.30. The molecule has 13 nitrogen and oxygen atoms in total. The molecule has 0 aromatic carbocycles. The van der Waals surface area contributed by atoms with Gasteiger partial charge in [-0.3, -0.25) is 4.79 Å². The van der Waals surface area contributed by atoms with Crippen molar-refractivity contribution in [2.75, 3.05) is 13.2 Å². The lowest BCUT2D eigenvalue weighted by Gasteiger charge is -2.11. The zero-order valence-corrected chi connectivity index (χ0v) is 11.4. The molecule has 0 radical (unpaired) electrons. The number of carbonyl (C=O) groups excluding carboxylic acids is 1. The van der Waals surface area contributed by atoms with Crippen LogP contribution < -0.4 is 0 Å². The molecule has 20 heavy (non-hydrogen) atoms. The van der Waals surface area contributed by atoms with Gasteiger partial charge >= 0.3 is 15.6 Å². The largest absolute Gasteiger partial charge is 0.466 e. The number of hydrogen-bond donors (Lipinski definition) is 10. The molecule has 0 fully saturated rings. The molecule has 0 heterocycles. The Labute approximate surface area is 111 Å². The second kappa shape index (κ2) is 11.4. The van der Waals surface area contributed by atoms with Crippen LogP contribution in [0, 0.1) is 0 Å². The van der Waals surface area contributed by atoms with Crippen molar-refractivity contribution in [3.8, 4) is 0 Å². The van der Waals surface area contributed by atoms with Crippen LogP contribution in [0.15, 0.2) is 0 Å². The lowest BCUT2D eigenvalue weighted by atomic mass is 10.1. The molecule has 0 spiro atoms. The van der Waals surface area contributed by atoms with Crippen molar-refractivity contribution in [3.63, 3.8) is 0 Å². The Morgan fingerprint density at radius 3 is 1.25 bits per heavy atom. The van der Waals surface area contributed by atoms with E-state index in [-0.39, 0.29) is 0 Å². The molecule has 0 amide bonds. The van der Waals surface area contributed by atoms with E-state index in [1.54, 1.807) is 0 Å². The quantitative estimate of drug-likeness (QED) is 0.215. The Morgan fingerprint density at radius 1 is 0.850 bits per heavy atom. The molecular weight excluding hydrogens is 330 g/mol. The third kappa shape index (κ3) is 36.1. The summed E-state index contributed by atoms with van der Waals surface area (Å²) in [5.41, 5.74) is 0. The molecule has 0 unspecified atom stereocenters. The van der Waals surface area contributed by atoms with Crippen LogP contribution in [0.1, 0.15) is 0 Å². The highest BCUT2D eigenvalue weighted by molar-refractivity contribution is 7.45. The highest BCUT2D eigenvalue weighted by Crippen LogP contribution is 2.26. The first-order valence-corrected chi connectivity index (χ1v) is 7.43. The molecule has 0 aliphatic carbocycles. The van der Waals surface area contributed by atoms with Crippen LogP contribution in [0.4, 0.5) is 0 Å². The number of aliphatic hydroxyl groups is 4. The van der Waals surface area contributed by atoms with E-state index in [0.29, 0.717) is 0 Å². The summed E-state index contributed by atoms with van der Waals surface area (Å²) in [4.78, 5) is 53.5. The summed E-state index contributed by atoms with van der Waals surface area (Å²) >= 11 is 0. The molecule has 0 bridgehead atoms. The second-order valence-corrected chi connectivity index (χ2v) is 4.90. The highest BCUT2D eigenvalue weighted by Gasteiger charge is 2.21. The molecule has 2 atom stereocenters. The smallest absolute Gasteiger partial charge is 0.394 e. The standard InChI is InChI=1S/C5H10O5.2H3O4P/c6-1-3(8)5(10)4(9)2-7;2*1-5(2,3)4/h3,5-8,10H,1-2H2;2*(H3,1,2,3,4)/t3-,5-;;/m1../s1. The maximum Gasteiger partial charge on any atom is 0.466 e. The van der Waals surface area contributed by atoms with Gasteiger partial charge in [0.15, 0.2) is 5.78 Å². The first-order chi connectivity index (χ1) is 8.63. The number of aliphatic hydroxyl groups excluding tert-OH is 4. The van der Waals surface area contributed by atoms with E-state index in [2.05, 4.69) is 0 Å². The van der Waals surface area contributed by atoms with E-state index in [9.17, 15) is 4.79 Å². The highest BCUT2D eigenvalue weighted by atomic mass is 31.2. The number of phosphoric acid groups is 2. The number of ketones is 1. The van der Waals surface area contributed by atoms with Crippen LogP contribution in [0.5, 0.6) is 0 Å². The number of rotatable bonds is 4. The molecule has 0 saturated heterocycles. The van der Waals surface area contributed by atoms with Crippen LogP contribution in [0.3, 0.4) is 0 Å². The monoisotopic (exact) mass is 346 g/mol. The van der Waals surface area contributed by atoms with E-state index in [1.165, 1.54) is 0 Å². The van der Waals surface area contributed by atoms with Crippen molar-refractivity contribution in [1.29, 1.82) is 0 Å². The Morgan fingerprint density at radius 2 is 1.10 bits per heavy atom.